The van der Waals surface area contributed by atoms with Gasteiger partial charge in [-0.15, -0.1) is 11.8 Å². The number of rotatable bonds is 8. The van der Waals surface area contributed by atoms with Crippen molar-refractivity contribution in [2.24, 2.45) is 10.1 Å². The van der Waals surface area contributed by atoms with Crippen LogP contribution in [0.5, 0.6) is 0 Å². The molecule has 0 fully saturated rings. The number of hydrogen-bond donors (Lipinski definition) is 3. The van der Waals surface area contributed by atoms with Crippen LogP contribution in [0.2, 0.25) is 0 Å². The van der Waals surface area contributed by atoms with Crippen molar-refractivity contribution < 1.29 is 8.42 Å². The van der Waals surface area contributed by atoms with Crippen molar-refractivity contribution in [2.45, 2.75) is 23.3 Å². The number of benzene rings is 2. The van der Waals surface area contributed by atoms with E-state index >= 15 is 0 Å². The Labute approximate surface area is 159 Å². The summed E-state index contributed by atoms with van der Waals surface area (Å²) in [6, 6.07) is 16.7. The summed E-state index contributed by atoms with van der Waals surface area (Å²) in [5.74, 6) is 1.66. The standard InChI is InChI=1S/C18H24N4O2S2/c1-2-20-18(21-12-13-25-16-6-4-3-5-7-16)22-14-15-8-10-17(11-9-15)26(19,23)24/h3-11H,2,12-14H2,1H3,(H2,19,23,24)(H2,20,21,22). The lowest BCUT2D eigenvalue weighted by Crippen LogP contribution is -2.38. The topological polar surface area (TPSA) is 96.6 Å². The Bertz CT molecular complexity index is 807. The largest absolute Gasteiger partial charge is 0.357 e. The van der Waals surface area contributed by atoms with Crippen molar-refractivity contribution in [3.05, 3.63) is 60.2 Å². The van der Waals surface area contributed by atoms with Gasteiger partial charge in [-0.3, -0.25) is 0 Å². The highest BCUT2D eigenvalue weighted by Gasteiger charge is 2.06. The molecule has 0 atom stereocenters. The highest BCUT2D eigenvalue weighted by Crippen LogP contribution is 2.15. The summed E-state index contributed by atoms with van der Waals surface area (Å²) in [6.07, 6.45) is 0. The van der Waals surface area contributed by atoms with E-state index in [1.807, 2.05) is 25.1 Å². The van der Waals surface area contributed by atoms with Crippen LogP contribution in [0.1, 0.15) is 12.5 Å². The smallest absolute Gasteiger partial charge is 0.238 e. The van der Waals surface area contributed by atoms with Crippen LogP contribution in [0.15, 0.2) is 69.4 Å². The van der Waals surface area contributed by atoms with Gasteiger partial charge in [0, 0.05) is 23.7 Å². The number of primary sulfonamides is 1. The summed E-state index contributed by atoms with van der Waals surface area (Å²) in [5, 5.41) is 11.6. The zero-order valence-electron chi connectivity index (χ0n) is 14.7. The first-order chi connectivity index (χ1) is 12.5. The predicted octanol–water partition coefficient (Wildman–Crippen LogP) is 2.18. The van der Waals surface area contributed by atoms with Crippen molar-refractivity contribution in [3.63, 3.8) is 0 Å². The second-order valence-electron chi connectivity index (χ2n) is 5.47. The van der Waals surface area contributed by atoms with E-state index < -0.39 is 10.0 Å². The van der Waals surface area contributed by atoms with Gasteiger partial charge in [0.05, 0.1) is 11.4 Å². The van der Waals surface area contributed by atoms with Crippen LogP contribution in [0.3, 0.4) is 0 Å². The number of sulfonamides is 1. The molecule has 0 bridgehead atoms. The SMILES string of the molecule is CCNC(=NCc1ccc(S(N)(=O)=O)cc1)NCCSc1ccccc1. The molecule has 0 radical (unpaired) electrons. The zero-order chi connectivity index (χ0) is 18.8. The third-order valence-electron chi connectivity index (χ3n) is 3.42. The second-order valence-corrected chi connectivity index (χ2v) is 8.20. The number of nitrogens with one attached hydrogen (secondary N) is 2. The Morgan fingerprint density at radius 1 is 1.08 bits per heavy atom. The average Bonchev–Trinajstić information content (AvgIpc) is 2.63. The molecule has 0 saturated heterocycles. The molecule has 0 aliphatic heterocycles. The molecule has 8 heteroatoms. The highest BCUT2D eigenvalue weighted by molar-refractivity contribution is 7.99. The van der Waals surface area contributed by atoms with Crippen molar-refractivity contribution in [1.29, 1.82) is 0 Å². The van der Waals surface area contributed by atoms with Gasteiger partial charge >= 0.3 is 0 Å². The zero-order valence-corrected chi connectivity index (χ0v) is 16.3. The van der Waals surface area contributed by atoms with Gasteiger partial charge in [0.15, 0.2) is 5.96 Å². The van der Waals surface area contributed by atoms with Gasteiger partial charge in [0.1, 0.15) is 0 Å². The first-order valence-electron chi connectivity index (χ1n) is 8.31. The molecule has 0 spiro atoms. The Morgan fingerprint density at radius 3 is 2.38 bits per heavy atom. The van der Waals surface area contributed by atoms with Crippen LogP contribution in [0, 0.1) is 0 Å². The van der Waals surface area contributed by atoms with Crippen molar-refractivity contribution >= 4 is 27.7 Å². The van der Waals surface area contributed by atoms with Crippen LogP contribution in [0.25, 0.3) is 0 Å². The molecule has 0 aliphatic carbocycles. The van der Waals surface area contributed by atoms with E-state index in [2.05, 4.69) is 27.8 Å². The molecule has 0 heterocycles. The molecular formula is C18H24N4O2S2. The van der Waals surface area contributed by atoms with Crippen molar-refractivity contribution in [1.82, 2.24) is 10.6 Å². The van der Waals surface area contributed by atoms with E-state index in [1.165, 1.54) is 17.0 Å². The normalized spacial score (nSPS) is 12.0. The lowest BCUT2D eigenvalue weighted by molar-refractivity contribution is 0.598. The summed E-state index contributed by atoms with van der Waals surface area (Å²) in [4.78, 5) is 5.87. The molecule has 4 N–H and O–H groups in total. The third kappa shape index (κ3) is 7.07. The molecule has 140 valence electrons. The molecule has 2 aromatic rings. The van der Waals surface area contributed by atoms with E-state index in [9.17, 15) is 8.42 Å². The monoisotopic (exact) mass is 392 g/mol. The van der Waals surface area contributed by atoms with Gasteiger partial charge in [-0.2, -0.15) is 0 Å². The summed E-state index contributed by atoms with van der Waals surface area (Å²) >= 11 is 1.78. The molecule has 6 nitrogen and oxygen atoms in total. The molecule has 0 aromatic heterocycles. The number of nitrogens with zero attached hydrogens (tertiary/aromatic N) is 1. The summed E-state index contributed by atoms with van der Waals surface area (Å²) in [6.45, 7) is 4.01. The predicted molar refractivity (Wildman–Crippen MR) is 108 cm³/mol. The second kappa shape index (κ2) is 10.2. The van der Waals surface area contributed by atoms with E-state index in [0.29, 0.717) is 6.54 Å². The molecule has 0 amide bonds. The molecule has 0 saturated carbocycles. The molecular weight excluding hydrogens is 368 g/mol. The van der Waals surface area contributed by atoms with Gasteiger partial charge in [-0.25, -0.2) is 18.5 Å². The summed E-state index contributed by atoms with van der Waals surface area (Å²) in [5.41, 5.74) is 0.910. The molecule has 0 unspecified atom stereocenters. The maximum Gasteiger partial charge on any atom is 0.238 e. The Balaban J connectivity index is 1.85. The number of nitrogens with two attached hydrogens (primary N) is 1. The van der Waals surface area contributed by atoms with Gasteiger partial charge in [-0.1, -0.05) is 30.3 Å². The van der Waals surface area contributed by atoms with E-state index in [1.54, 1.807) is 23.9 Å². The molecule has 0 aliphatic rings. The summed E-state index contributed by atoms with van der Waals surface area (Å²) < 4.78 is 22.5. The fourth-order valence-electron chi connectivity index (χ4n) is 2.15. The molecule has 2 rings (SSSR count). The first-order valence-corrected chi connectivity index (χ1v) is 10.8. The minimum Gasteiger partial charge on any atom is -0.357 e. The minimum absolute atomic E-state index is 0.105. The Morgan fingerprint density at radius 2 is 1.77 bits per heavy atom. The maximum absolute atomic E-state index is 11.3. The lowest BCUT2D eigenvalue weighted by Gasteiger charge is -2.11. The number of hydrogen-bond acceptors (Lipinski definition) is 4. The number of aliphatic imine (C=N–C) groups is 1. The number of thioether (sulfide) groups is 1. The van der Waals surface area contributed by atoms with Crippen LogP contribution in [0.4, 0.5) is 0 Å². The van der Waals surface area contributed by atoms with Crippen LogP contribution in [-0.2, 0) is 16.6 Å². The van der Waals surface area contributed by atoms with Crippen LogP contribution in [-0.4, -0.2) is 33.2 Å². The lowest BCUT2D eigenvalue weighted by atomic mass is 10.2. The molecule has 26 heavy (non-hydrogen) atoms. The van der Waals surface area contributed by atoms with E-state index in [4.69, 9.17) is 5.14 Å². The summed E-state index contributed by atoms with van der Waals surface area (Å²) in [7, 11) is -3.66. The quantitative estimate of drug-likeness (QED) is 0.277. The van der Waals surface area contributed by atoms with Crippen LogP contribution >= 0.6 is 11.8 Å². The Hall–Kier alpha value is -2.03. The fraction of sp³-hybridized carbons (Fsp3) is 0.278. The van der Waals surface area contributed by atoms with Gasteiger partial charge < -0.3 is 10.6 Å². The van der Waals surface area contributed by atoms with Crippen molar-refractivity contribution in [2.75, 3.05) is 18.8 Å². The van der Waals surface area contributed by atoms with Crippen molar-refractivity contribution in [3.8, 4) is 0 Å². The molecule has 2 aromatic carbocycles. The third-order valence-corrected chi connectivity index (χ3v) is 5.37. The van der Waals surface area contributed by atoms with Gasteiger partial charge in [-0.05, 0) is 36.8 Å². The average molecular weight is 393 g/mol. The van der Waals surface area contributed by atoms with E-state index in [-0.39, 0.29) is 4.90 Å². The minimum atomic E-state index is -3.66. The Kier molecular flexibility index (Phi) is 7.96. The fourth-order valence-corrected chi connectivity index (χ4v) is 3.46. The number of guanidine groups is 1. The first kappa shape index (κ1) is 20.3. The van der Waals surface area contributed by atoms with Gasteiger partial charge in [0.2, 0.25) is 10.0 Å². The highest BCUT2D eigenvalue weighted by atomic mass is 32.2. The van der Waals surface area contributed by atoms with E-state index in [0.717, 1.165) is 30.4 Å². The van der Waals surface area contributed by atoms with Gasteiger partial charge in [0.25, 0.3) is 0 Å². The maximum atomic E-state index is 11.3. The van der Waals surface area contributed by atoms with Crippen LogP contribution < -0.4 is 15.8 Å².